The highest BCUT2D eigenvalue weighted by Gasteiger charge is 2.08. The SMILES string of the molecule is CN(C)c1ccccc1NC(=O)Cn1cc(N)cn1. The molecule has 0 aliphatic rings. The fourth-order valence-electron chi connectivity index (χ4n) is 1.77. The molecule has 0 spiro atoms. The summed E-state index contributed by atoms with van der Waals surface area (Å²) in [5.74, 6) is -0.141. The molecule has 1 aromatic heterocycles. The molecule has 3 N–H and O–H groups in total. The van der Waals surface area contributed by atoms with Crippen molar-refractivity contribution in [2.75, 3.05) is 30.0 Å². The predicted molar refractivity (Wildman–Crippen MR) is 76.0 cm³/mol. The summed E-state index contributed by atoms with van der Waals surface area (Å²) in [6.07, 6.45) is 3.14. The average Bonchev–Trinajstić information content (AvgIpc) is 2.75. The number of benzene rings is 1. The highest BCUT2D eigenvalue weighted by atomic mass is 16.2. The van der Waals surface area contributed by atoms with E-state index in [4.69, 9.17) is 5.73 Å². The van der Waals surface area contributed by atoms with E-state index in [1.807, 2.05) is 43.3 Å². The van der Waals surface area contributed by atoms with Crippen LogP contribution in [-0.4, -0.2) is 29.8 Å². The van der Waals surface area contributed by atoms with Crippen molar-refractivity contribution in [1.29, 1.82) is 0 Å². The third-order valence-electron chi connectivity index (χ3n) is 2.62. The minimum Gasteiger partial charge on any atom is -0.396 e. The van der Waals surface area contributed by atoms with Crippen LogP contribution in [0.4, 0.5) is 17.1 Å². The Morgan fingerprint density at radius 1 is 1.42 bits per heavy atom. The van der Waals surface area contributed by atoms with Crippen molar-refractivity contribution in [3.05, 3.63) is 36.7 Å². The number of nitrogen functional groups attached to an aromatic ring is 1. The number of anilines is 3. The summed E-state index contributed by atoms with van der Waals surface area (Å²) >= 11 is 0. The summed E-state index contributed by atoms with van der Waals surface area (Å²) in [4.78, 5) is 13.9. The fraction of sp³-hybridized carbons (Fsp3) is 0.231. The minimum atomic E-state index is -0.141. The Hall–Kier alpha value is -2.50. The van der Waals surface area contributed by atoms with Crippen LogP contribution in [0.15, 0.2) is 36.7 Å². The molecule has 0 saturated heterocycles. The lowest BCUT2D eigenvalue weighted by atomic mass is 10.2. The van der Waals surface area contributed by atoms with Crippen molar-refractivity contribution in [1.82, 2.24) is 9.78 Å². The van der Waals surface area contributed by atoms with E-state index in [0.29, 0.717) is 5.69 Å². The Bertz CT molecular complexity index is 576. The van der Waals surface area contributed by atoms with E-state index in [1.165, 1.54) is 10.9 Å². The first-order valence-electron chi connectivity index (χ1n) is 5.90. The van der Waals surface area contributed by atoms with Gasteiger partial charge in [0, 0.05) is 20.3 Å². The predicted octanol–water partition coefficient (Wildman–Crippen LogP) is 1.17. The molecule has 0 radical (unpaired) electrons. The standard InChI is InChI=1S/C13H17N5O/c1-17(2)12-6-4-3-5-11(12)16-13(19)9-18-8-10(14)7-15-18/h3-8H,9,14H2,1-2H3,(H,16,19). The zero-order chi connectivity index (χ0) is 13.8. The molecule has 0 aliphatic carbocycles. The van der Waals surface area contributed by atoms with Gasteiger partial charge in [-0.1, -0.05) is 12.1 Å². The number of rotatable bonds is 4. The molecular weight excluding hydrogens is 242 g/mol. The summed E-state index contributed by atoms with van der Waals surface area (Å²) in [7, 11) is 3.86. The van der Waals surface area contributed by atoms with Crippen molar-refractivity contribution in [2.24, 2.45) is 0 Å². The van der Waals surface area contributed by atoms with Crippen molar-refractivity contribution >= 4 is 23.0 Å². The smallest absolute Gasteiger partial charge is 0.246 e. The second-order valence-electron chi connectivity index (χ2n) is 4.43. The Morgan fingerprint density at radius 3 is 2.79 bits per heavy atom. The highest BCUT2D eigenvalue weighted by Crippen LogP contribution is 2.23. The van der Waals surface area contributed by atoms with Gasteiger partial charge >= 0.3 is 0 Å². The van der Waals surface area contributed by atoms with Gasteiger partial charge in [0.15, 0.2) is 0 Å². The number of carbonyl (C=O) groups excluding carboxylic acids is 1. The van der Waals surface area contributed by atoms with Gasteiger partial charge in [0.25, 0.3) is 0 Å². The van der Waals surface area contributed by atoms with Gasteiger partial charge in [0.2, 0.25) is 5.91 Å². The largest absolute Gasteiger partial charge is 0.396 e. The Balaban J connectivity index is 2.07. The lowest BCUT2D eigenvalue weighted by Crippen LogP contribution is -2.21. The highest BCUT2D eigenvalue weighted by molar-refractivity contribution is 5.94. The normalized spacial score (nSPS) is 10.2. The molecule has 0 unspecified atom stereocenters. The molecule has 0 aliphatic heterocycles. The molecule has 19 heavy (non-hydrogen) atoms. The topological polar surface area (TPSA) is 76.2 Å². The number of nitrogens with one attached hydrogen (secondary N) is 1. The molecule has 1 amide bonds. The summed E-state index contributed by atoms with van der Waals surface area (Å²) in [5.41, 5.74) is 7.82. The molecule has 2 aromatic rings. The number of hydrogen-bond acceptors (Lipinski definition) is 4. The summed E-state index contributed by atoms with van der Waals surface area (Å²) < 4.78 is 1.50. The van der Waals surface area contributed by atoms with E-state index < -0.39 is 0 Å². The van der Waals surface area contributed by atoms with Crippen LogP contribution in [0.5, 0.6) is 0 Å². The number of nitrogens with zero attached hydrogens (tertiary/aromatic N) is 3. The molecule has 1 heterocycles. The van der Waals surface area contributed by atoms with E-state index in [9.17, 15) is 4.79 Å². The lowest BCUT2D eigenvalue weighted by Gasteiger charge is -2.17. The maximum Gasteiger partial charge on any atom is 0.246 e. The van der Waals surface area contributed by atoms with Crippen LogP contribution < -0.4 is 16.0 Å². The fourth-order valence-corrected chi connectivity index (χ4v) is 1.77. The maximum atomic E-state index is 11.9. The van der Waals surface area contributed by atoms with Gasteiger partial charge in [-0.2, -0.15) is 5.10 Å². The van der Waals surface area contributed by atoms with E-state index in [1.54, 1.807) is 6.20 Å². The molecule has 0 atom stereocenters. The van der Waals surface area contributed by atoms with Crippen LogP contribution in [0.3, 0.4) is 0 Å². The van der Waals surface area contributed by atoms with Gasteiger partial charge in [0.05, 0.1) is 23.3 Å². The number of hydrogen-bond donors (Lipinski definition) is 2. The summed E-state index contributed by atoms with van der Waals surface area (Å²) in [6, 6.07) is 7.62. The summed E-state index contributed by atoms with van der Waals surface area (Å²) in [5, 5.41) is 6.84. The second-order valence-corrected chi connectivity index (χ2v) is 4.43. The first-order valence-corrected chi connectivity index (χ1v) is 5.90. The van der Waals surface area contributed by atoms with Crippen LogP contribution in [0, 0.1) is 0 Å². The quantitative estimate of drug-likeness (QED) is 0.864. The first-order chi connectivity index (χ1) is 9.06. The molecule has 0 bridgehead atoms. The van der Waals surface area contributed by atoms with Gasteiger partial charge < -0.3 is 16.0 Å². The van der Waals surface area contributed by atoms with E-state index in [2.05, 4.69) is 10.4 Å². The van der Waals surface area contributed by atoms with Gasteiger partial charge in [-0.25, -0.2) is 0 Å². The minimum absolute atomic E-state index is 0.138. The number of amides is 1. The molecule has 100 valence electrons. The van der Waals surface area contributed by atoms with Crippen molar-refractivity contribution in [3.63, 3.8) is 0 Å². The maximum absolute atomic E-state index is 11.9. The van der Waals surface area contributed by atoms with Crippen LogP contribution in [-0.2, 0) is 11.3 Å². The molecule has 1 aromatic carbocycles. The molecule has 0 fully saturated rings. The molecule has 2 rings (SSSR count). The van der Waals surface area contributed by atoms with Crippen molar-refractivity contribution in [2.45, 2.75) is 6.54 Å². The third kappa shape index (κ3) is 3.25. The molecule has 6 nitrogen and oxygen atoms in total. The monoisotopic (exact) mass is 259 g/mol. The molecular formula is C13H17N5O. The molecule has 0 saturated carbocycles. The first kappa shape index (κ1) is 12.9. The number of para-hydroxylation sites is 2. The van der Waals surface area contributed by atoms with E-state index >= 15 is 0 Å². The average molecular weight is 259 g/mol. The van der Waals surface area contributed by atoms with Crippen molar-refractivity contribution < 1.29 is 4.79 Å². The van der Waals surface area contributed by atoms with Gasteiger partial charge in [-0.15, -0.1) is 0 Å². The Morgan fingerprint density at radius 2 is 2.16 bits per heavy atom. The van der Waals surface area contributed by atoms with Crippen LogP contribution >= 0.6 is 0 Å². The van der Waals surface area contributed by atoms with Crippen LogP contribution in [0.25, 0.3) is 0 Å². The Labute approximate surface area is 111 Å². The lowest BCUT2D eigenvalue weighted by molar-refractivity contribution is -0.116. The number of carbonyl (C=O) groups is 1. The third-order valence-corrected chi connectivity index (χ3v) is 2.62. The Kier molecular flexibility index (Phi) is 3.70. The van der Waals surface area contributed by atoms with E-state index in [0.717, 1.165) is 11.4 Å². The number of aromatic nitrogens is 2. The van der Waals surface area contributed by atoms with Gasteiger partial charge in [-0.05, 0) is 12.1 Å². The van der Waals surface area contributed by atoms with Gasteiger partial charge in [0.1, 0.15) is 6.54 Å². The second kappa shape index (κ2) is 5.43. The number of nitrogens with two attached hydrogens (primary N) is 1. The van der Waals surface area contributed by atoms with Crippen LogP contribution in [0.1, 0.15) is 0 Å². The molecule has 6 heteroatoms. The zero-order valence-electron chi connectivity index (χ0n) is 11.0. The summed E-state index contributed by atoms with van der Waals surface area (Å²) in [6.45, 7) is 0.138. The van der Waals surface area contributed by atoms with E-state index in [-0.39, 0.29) is 12.5 Å². The zero-order valence-corrected chi connectivity index (χ0v) is 11.0. The van der Waals surface area contributed by atoms with Gasteiger partial charge in [-0.3, -0.25) is 9.48 Å². The van der Waals surface area contributed by atoms with Crippen molar-refractivity contribution in [3.8, 4) is 0 Å². The van der Waals surface area contributed by atoms with Crippen LogP contribution in [0.2, 0.25) is 0 Å².